The fraction of sp³-hybridized carbons (Fsp3) is 0.500. The molecule has 1 aromatic carbocycles. The second-order valence-corrected chi connectivity index (χ2v) is 4.41. The molecule has 0 heterocycles. The van der Waals surface area contributed by atoms with Gasteiger partial charge in [0, 0.05) is 5.69 Å². The van der Waals surface area contributed by atoms with Gasteiger partial charge in [0.05, 0.1) is 11.6 Å². The van der Waals surface area contributed by atoms with Gasteiger partial charge in [0.15, 0.2) is 0 Å². The molecule has 0 saturated heterocycles. The number of aryl methyl sites for hydroxylation is 1. The first-order valence-electron chi connectivity index (χ1n) is 5.14. The molecule has 1 saturated carbocycles. The van der Waals surface area contributed by atoms with Crippen LogP contribution in [0.25, 0.3) is 0 Å². The fourth-order valence-electron chi connectivity index (χ4n) is 1.86. The van der Waals surface area contributed by atoms with E-state index in [1.807, 2.05) is 19.1 Å². The van der Waals surface area contributed by atoms with Crippen LogP contribution in [0.15, 0.2) is 24.3 Å². The van der Waals surface area contributed by atoms with E-state index in [1.165, 1.54) is 5.56 Å². The van der Waals surface area contributed by atoms with Gasteiger partial charge in [-0.05, 0) is 38.3 Å². The minimum atomic E-state index is -0.526. The molecule has 2 nitrogen and oxygen atoms in total. The number of anilines is 1. The van der Waals surface area contributed by atoms with Gasteiger partial charge in [-0.15, -0.1) is 0 Å². The molecule has 2 heteroatoms. The molecule has 2 N–H and O–H groups in total. The molecular weight excluding hydrogens is 174 g/mol. The summed E-state index contributed by atoms with van der Waals surface area (Å²) in [5, 5.41) is 13.2. The molecule has 0 amide bonds. The van der Waals surface area contributed by atoms with Crippen LogP contribution < -0.4 is 5.32 Å². The van der Waals surface area contributed by atoms with E-state index >= 15 is 0 Å². The molecule has 0 spiro atoms. The zero-order valence-electron chi connectivity index (χ0n) is 8.75. The van der Waals surface area contributed by atoms with E-state index in [1.54, 1.807) is 0 Å². The Morgan fingerprint density at radius 3 is 2.64 bits per heavy atom. The maximum atomic E-state index is 9.86. The largest absolute Gasteiger partial charge is 0.388 e. The molecule has 0 bridgehead atoms. The Labute approximate surface area is 85.0 Å². The van der Waals surface area contributed by atoms with Crippen LogP contribution in [0.5, 0.6) is 0 Å². The normalized spacial score (nSPS) is 30.9. The predicted molar refractivity (Wildman–Crippen MR) is 58.4 cm³/mol. The van der Waals surface area contributed by atoms with E-state index in [2.05, 4.69) is 24.4 Å². The summed E-state index contributed by atoms with van der Waals surface area (Å²) >= 11 is 0. The molecule has 1 fully saturated rings. The van der Waals surface area contributed by atoms with Crippen LogP contribution in [-0.4, -0.2) is 16.7 Å². The minimum absolute atomic E-state index is 0.212. The lowest BCUT2D eigenvalue weighted by Crippen LogP contribution is -2.53. The predicted octanol–water partition coefficient (Wildman–Crippen LogP) is 2.32. The third-order valence-corrected chi connectivity index (χ3v) is 3.16. The molecule has 14 heavy (non-hydrogen) atoms. The van der Waals surface area contributed by atoms with Crippen molar-refractivity contribution in [3.63, 3.8) is 0 Å². The van der Waals surface area contributed by atoms with E-state index in [9.17, 15) is 5.11 Å². The summed E-state index contributed by atoms with van der Waals surface area (Å²) in [6.45, 7) is 3.97. The summed E-state index contributed by atoms with van der Waals surface area (Å²) in [6.07, 6.45) is 1.96. The van der Waals surface area contributed by atoms with Gasteiger partial charge in [0.1, 0.15) is 0 Å². The Balaban J connectivity index is 2.08. The summed E-state index contributed by atoms with van der Waals surface area (Å²) in [4.78, 5) is 0. The van der Waals surface area contributed by atoms with E-state index in [0.29, 0.717) is 0 Å². The van der Waals surface area contributed by atoms with E-state index < -0.39 is 5.60 Å². The molecule has 1 aliphatic carbocycles. The van der Waals surface area contributed by atoms with Gasteiger partial charge in [0.2, 0.25) is 0 Å². The van der Waals surface area contributed by atoms with Gasteiger partial charge >= 0.3 is 0 Å². The first kappa shape index (κ1) is 9.53. The zero-order valence-corrected chi connectivity index (χ0v) is 8.75. The van der Waals surface area contributed by atoms with E-state index in [-0.39, 0.29) is 6.04 Å². The average molecular weight is 191 g/mol. The van der Waals surface area contributed by atoms with Gasteiger partial charge in [-0.1, -0.05) is 18.2 Å². The van der Waals surface area contributed by atoms with Crippen LogP contribution in [0, 0.1) is 6.92 Å². The van der Waals surface area contributed by atoms with Crippen LogP contribution in [-0.2, 0) is 0 Å². The van der Waals surface area contributed by atoms with Crippen molar-refractivity contribution in [1.82, 2.24) is 0 Å². The number of hydrogen-bond donors (Lipinski definition) is 2. The molecule has 0 aliphatic heterocycles. The van der Waals surface area contributed by atoms with Crippen LogP contribution >= 0.6 is 0 Å². The van der Waals surface area contributed by atoms with Crippen molar-refractivity contribution >= 4 is 5.69 Å². The molecule has 2 rings (SSSR count). The van der Waals surface area contributed by atoms with Crippen molar-refractivity contribution in [3.8, 4) is 0 Å². The molecule has 1 aliphatic rings. The Hall–Kier alpha value is -1.02. The van der Waals surface area contributed by atoms with Gasteiger partial charge < -0.3 is 10.4 Å². The maximum absolute atomic E-state index is 9.86. The van der Waals surface area contributed by atoms with E-state index in [4.69, 9.17) is 0 Å². The van der Waals surface area contributed by atoms with Crippen molar-refractivity contribution in [2.24, 2.45) is 0 Å². The van der Waals surface area contributed by atoms with Crippen molar-refractivity contribution in [2.45, 2.75) is 38.3 Å². The third-order valence-electron chi connectivity index (χ3n) is 3.16. The number of hydrogen-bond acceptors (Lipinski definition) is 2. The summed E-state index contributed by atoms with van der Waals surface area (Å²) in [6, 6.07) is 8.39. The van der Waals surface area contributed by atoms with Crippen molar-refractivity contribution in [2.75, 3.05) is 5.32 Å². The summed E-state index contributed by atoms with van der Waals surface area (Å²) in [5.74, 6) is 0. The number of benzene rings is 1. The number of aliphatic hydroxyl groups is 1. The highest BCUT2D eigenvalue weighted by molar-refractivity contribution is 5.51. The first-order chi connectivity index (χ1) is 6.59. The van der Waals surface area contributed by atoms with Crippen LogP contribution in [0.1, 0.15) is 25.3 Å². The van der Waals surface area contributed by atoms with Gasteiger partial charge in [0.25, 0.3) is 0 Å². The SMILES string of the molecule is Cc1ccccc1N[C@H]1CC[C@]1(C)O. The molecule has 0 radical (unpaired) electrons. The molecule has 1 aromatic rings. The third kappa shape index (κ3) is 1.62. The lowest BCUT2D eigenvalue weighted by atomic mass is 9.76. The maximum Gasteiger partial charge on any atom is 0.0820 e. The van der Waals surface area contributed by atoms with Gasteiger partial charge in [-0.3, -0.25) is 0 Å². The highest BCUT2D eigenvalue weighted by atomic mass is 16.3. The van der Waals surface area contributed by atoms with E-state index in [0.717, 1.165) is 18.5 Å². The Morgan fingerprint density at radius 2 is 2.14 bits per heavy atom. The summed E-state index contributed by atoms with van der Waals surface area (Å²) in [5.41, 5.74) is 1.84. The second kappa shape index (κ2) is 3.28. The standard InChI is InChI=1S/C12H17NO/c1-9-5-3-4-6-10(9)13-11-7-8-12(11,2)14/h3-6,11,13-14H,7-8H2,1-2H3/t11-,12-/m0/s1. The Morgan fingerprint density at radius 1 is 1.43 bits per heavy atom. The molecule has 0 unspecified atom stereocenters. The van der Waals surface area contributed by atoms with Crippen LogP contribution in [0.2, 0.25) is 0 Å². The molecule has 2 atom stereocenters. The smallest absolute Gasteiger partial charge is 0.0820 e. The molecule has 0 aromatic heterocycles. The summed E-state index contributed by atoms with van der Waals surface area (Å²) in [7, 11) is 0. The number of nitrogens with one attached hydrogen (secondary N) is 1. The van der Waals surface area contributed by atoms with Crippen molar-refractivity contribution in [3.05, 3.63) is 29.8 Å². The number of rotatable bonds is 2. The Bertz CT molecular complexity index is 333. The van der Waals surface area contributed by atoms with Crippen LogP contribution in [0.4, 0.5) is 5.69 Å². The highest BCUT2D eigenvalue weighted by Crippen LogP contribution is 2.34. The van der Waals surface area contributed by atoms with Gasteiger partial charge in [-0.25, -0.2) is 0 Å². The lowest BCUT2D eigenvalue weighted by molar-refractivity contribution is -0.0286. The lowest BCUT2D eigenvalue weighted by Gasteiger charge is -2.43. The van der Waals surface area contributed by atoms with Gasteiger partial charge in [-0.2, -0.15) is 0 Å². The Kier molecular flexibility index (Phi) is 2.23. The fourth-order valence-corrected chi connectivity index (χ4v) is 1.86. The van der Waals surface area contributed by atoms with Crippen LogP contribution in [0.3, 0.4) is 0 Å². The van der Waals surface area contributed by atoms with Crippen molar-refractivity contribution < 1.29 is 5.11 Å². The molecular formula is C12H17NO. The summed E-state index contributed by atoms with van der Waals surface area (Å²) < 4.78 is 0. The number of para-hydroxylation sites is 1. The molecule has 76 valence electrons. The quantitative estimate of drug-likeness (QED) is 0.752. The zero-order chi connectivity index (χ0) is 10.2. The second-order valence-electron chi connectivity index (χ2n) is 4.41. The first-order valence-corrected chi connectivity index (χ1v) is 5.14. The highest BCUT2D eigenvalue weighted by Gasteiger charge is 2.40. The average Bonchev–Trinajstić information content (AvgIpc) is 2.15. The van der Waals surface area contributed by atoms with Crippen molar-refractivity contribution in [1.29, 1.82) is 0 Å². The minimum Gasteiger partial charge on any atom is -0.388 e. The monoisotopic (exact) mass is 191 g/mol. The topological polar surface area (TPSA) is 32.3 Å².